The zero-order valence-electron chi connectivity index (χ0n) is 8.07. The molecule has 14 heavy (non-hydrogen) atoms. The Labute approximate surface area is 82.8 Å². The fourth-order valence-electron chi connectivity index (χ4n) is 0.894. The van der Waals surface area contributed by atoms with Crippen molar-refractivity contribution in [3.8, 4) is 0 Å². The monoisotopic (exact) mass is 194 g/mol. The van der Waals surface area contributed by atoms with E-state index in [2.05, 4.69) is 5.32 Å². The van der Waals surface area contributed by atoms with E-state index < -0.39 is 0 Å². The number of furan rings is 1. The van der Waals surface area contributed by atoms with Gasteiger partial charge in [0.05, 0.1) is 6.26 Å². The van der Waals surface area contributed by atoms with Gasteiger partial charge >= 0.3 is 0 Å². The van der Waals surface area contributed by atoms with E-state index in [1.165, 1.54) is 6.08 Å². The number of hydrogen-bond acceptors (Lipinski definition) is 3. The first kappa shape index (κ1) is 10.5. The smallest absolute Gasteiger partial charge is 0.244 e. The molecule has 0 saturated heterocycles. The van der Waals surface area contributed by atoms with Crippen molar-refractivity contribution in [1.82, 2.24) is 5.32 Å². The molecule has 4 heteroatoms. The molecule has 1 atom stereocenters. The van der Waals surface area contributed by atoms with Crippen LogP contribution in [0.3, 0.4) is 0 Å². The molecule has 4 nitrogen and oxygen atoms in total. The minimum absolute atomic E-state index is 0.0104. The quantitative estimate of drug-likeness (QED) is 0.695. The first-order valence-electron chi connectivity index (χ1n) is 4.44. The van der Waals surface area contributed by atoms with Crippen LogP contribution in [-0.2, 0) is 4.79 Å². The van der Waals surface area contributed by atoms with Crippen molar-refractivity contribution >= 4 is 12.0 Å². The van der Waals surface area contributed by atoms with Crippen molar-refractivity contribution in [1.29, 1.82) is 0 Å². The number of carbonyl (C=O) groups is 1. The number of hydrogen-bond donors (Lipinski definition) is 2. The Balaban J connectivity index is 2.41. The molecule has 1 heterocycles. The summed E-state index contributed by atoms with van der Waals surface area (Å²) >= 11 is 0. The zero-order chi connectivity index (χ0) is 10.4. The summed E-state index contributed by atoms with van der Waals surface area (Å²) in [5.41, 5.74) is 5.35. The molecule has 1 aromatic rings. The number of carbonyl (C=O) groups excluding carboxylic acids is 1. The largest absolute Gasteiger partial charge is 0.465 e. The van der Waals surface area contributed by atoms with E-state index in [0.717, 1.165) is 0 Å². The fraction of sp³-hybridized carbons (Fsp3) is 0.300. The SMILES string of the molecule is C[C@H](CN)NC(=O)/C=C/c1ccco1. The molecular formula is C10H14N2O2. The van der Waals surface area contributed by atoms with Crippen LogP contribution in [0.5, 0.6) is 0 Å². The van der Waals surface area contributed by atoms with Gasteiger partial charge in [-0.05, 0) is 25.1 Å². The molecule has 3 N–H and O–H groups in total. The van der Waals surface area contributed by atoms with Gasteiger partial charge in [0.15, 0.2) is 0 Å². The van der Waals surface area contributed by atoms with Crippen molar-refractivity contribution in [3.63, 3.8) is 0 Å². The molecule has 0 spiro atoms. The number of amides is 1. The summed E-state index contributed by atoms with van der Waals surface area (Å²) in [7, 11) is 0. The van der Waals surface area contributed by atoms with Gasteiger partial charge in [-0.2, -0.15) is 0 Å². The summed E-state index contributed by atoms with van der Waals surface area (Å²) in [4.78, 5) is 11.2. The topological polar surface area (TPSA) is 68.3 Å². The summed E-state index contributed by atoms with van der Waals surface area (Å²) in [6.07, 6.45) is 4.59. The Hall–Kier alpha value is -1.55. The van der Waals surface area contributed by atoms with Crippen molar-refractivity contribution in [3.05, 3.63) is 30.2 Å². The maximum Gasteiger partial charge on any atom is 0.244 e. The molecule has 0 aliphatic rings. The lowest BCUT2D eigenvalue weighted by Crippen LogP contribution is -2.36. The third-order valence-corrected chi connectivity index (χ3v) is 1.68. The molecule has 76 valence electrons. The molecule has 0 bridgehead atoms. The minimum atomic E-state index is -0.167. The summed E-state index contributed by atoms with van der Waals surface area (Å²) < 4.78 is 5.02. The maximum absolute atomic E-state index is 11.2. The second-order valence-electron chi connectivity index (χ2n) is 2.99. The number of nitrogens with two attached hydrogens (primary N) is 1. The Bertz CT molecular complexity index is 304. The summed E-state index contributed by atoms with van der Waals surface area (Å²) in [6, 6.07) is 3.53. The molecular weight excluding hydrogens is 180 g/mol. The van der Waals surface area contributed by atoms with Crippen LogP contribution in [0, 0.1) is 0 Å². The Kier molecular flexibility index (Phi) is 3.94. The van der Waals surface area contributed by atoms with E-state index in [0.29, 0.717) is 12.3 Å². The van der Waals surface area contributed by atoms with E-state index in [4.69, 9.17) is 10.2 Å². The highest BCUT2D eigenvalue weighted by molar-refractivity contribution is 5.91. The van der Waals surface area contributed by atoms with E-state index in [1.54, 1.807) is 24.5 Å². The molecule has 0 aliphatic carbocycles. The highest BCUT2D eigenvalue weighted by atomic mass is 16.3. The van der Waals surface area contributed by atoms with Crippen molar-refractivity contribution < 1.29 is 9.21 Å². The van der Waals surface area contributed by atoms with Gasteiger partial charge < -0.3 is 15.5 Å². The third-order valence-electron chi connectivity index (χ3n) is 1.68. The van der Waals surface area contributed by atoms with E-state index in [1.807, 2.05) is 6.92 Å². The second kappa shape index (κ2) is 5.24. The van der Waals surface area contributed by atoms with Gasteiger partial charge in [0, 0.05) is 18.7 Å². The molecule has 1 rings (SSSR count). The second-order valence-corrected chi connectivity index (χ2v) is 2.99. The van der Waals surface area contributed by atoms with Gasteiger partial charge in [0.25, 0.3) is 0 Å². The normalized spacial score (nSPS) is 13.0. The highest BCUT2D eigenvalue weighted by Crippen LogP contribution is 2.01. The van der Waals surface area contributed by atoms with Gasteiger partial charge in [-0.3, -0.25) is 4.79 Å². The van der Waals surface area contributed by atoms with Crippen LogP contribution in [0.1, 0.15) is 12.7 Å². The van der Waals surface area contributed by atoms with Crippen LogP contribution in [0.15, 0.2) is 28.9 Å². The third kappa shape index (κ3) is 3.45. The van der Waals surface area contributed by atoms with Crippen LogP contribution in [-0.4, -0.2) is 18.5 Å². The lowest BCUT2D eigenvalue weighted by molar-refractivity contribution is -0.116. The molecule has 1 aromatic heterocycles. The van der Waals surface area contributed by atoms with Gasteiger partial charge in [-0.15, -0.1) is 0 Å². The van der Waals surface area contributed by atoms with Crippen LogP contribution in [0.25, 0.3) is 6.08 Å². The zero-order valence-corrected chi connectivity index (χ0v) is 8.07. The molecule has 0 radical (unpaired) electrons. The lowest BCUT2D eigenvalue weighted by atomic mass is 10.3. The van der Waals surface area contributed by atoms with Gasteiger partial charge in [0.2, 0.25) is 5.91 Å². The van der Waals surface area contributed by atoms with E-state index >= 15 is 0 Å². The summed E-state index contributed by atoms with van der Waals surface area (Å²) in [5, 5.41) is 2.70. The van der Waals surface area contributed by atoms with Crippen LogP contribution < -0.4 is 11.1 Å². The Morgan fingerprint density at radius 2 is 2.57 bits per heavy atom. The van der Waals surface area contributed by atoms with Crippen molar-refractivity contribution in [2.45, 2.75) is 13.0 Å². The average Bonchev–Trinajstić information content (AvgIpc) is 2.67. The van der Waals surface area contributed by atoms with Crippen molar-refractivity contribution in [2.24, 2.45) is 5.73 Å². The summed E-state index contributed by atoms with van der Waals surface area (Å²) in [6.45, 7) is 2.28. The standard InChI is InChI=1S/C10H14N2O2/c1-8(7-11)12-10(13)5-4-9-3-2-6-14-9/h2-6,8H,7,11H2,1H3,(H,12,13)/b5-4+/t8-/m1/s1. The predicted molar refractivity (Wildman–Crippen MR) is 54.4 cm³/mol. The predicted octanol–water partition coefficient (Wildman–Crippen LogP) is 0.756. The molecule has 0 fully saturated rings. The average molecular weight is 194 g/mol. The first-order valence-corrected chi connectivity index (χ1v) is 4.44. The van der Waals surface area contributed by atoms with Gasteiger partial charge in [-0.25, -0.2) is 0 Å². The minimum Gasteiger partial charge on any atom is -0.465 e. The lowest BCUT2D eigenvalue weighted by Gasteiger charge is -2.07. The first-order chi connectivity index (χ1) is 6.72. The Morgan fingerprint density at radius 3 is 3.14 bits per heavy atom. The van der Waals surface area contributed by atoms with Crippen LogP contribution in [0.4, 0.5) is 0 Å². The van der Waals surface area contributed by atoms with Gasteiger partial charge in [0.1, 0.15) is 5.76 Å². The number of rotatable bonds is 4. The Morgan fingerprint density at radius 1 is 1.79 bits per heavy atom. The number of nitrogens with one attached hydrogen (secondary N) is 1. The highest BCUT2D eigenvalue weighted by Gasteiger charge is 2.01. The van der Waals surface area contributed by atoms with E-state index in [9.17, 15) is 4.79 Å². The maximum atomic E-state index is 11.2. The summed E-state index contributed by atoms with van der Waals surface area (Å²) in [5.74, 6) is 0.486. The molecule has 0 saturated carbocycles. The molecule has 0 unspecified atom stereocenters. The fourth-order valence-corrected chi connectivity index (χ4v) is 0.894. The molecule has 1 amide bonds. The van der Waals surface area contributed by atoms with Gasteiger partial charge in [-0.1, -0.05) is 0 Å². The van der Waals surface area contributed by atoms with E-state index in [-0.39, 0.29) is 11.9 Å². The molecule has 0 aromatic carbocycles. The van der Waals surface area contributed by atoms with Crippen molar-refractivity contribution in [2.75, 3.05) is 6.54 Å². The van der Waals surface area contributed by atoms with Crippen LogP contribution in [0.2, 0.25) is 0 Å². The molecule has 0 aliphatic heterocycles. The van der Waals surface area contributed by atoms with Crippen LogP contribution >= 0.6 is 0 Å².